The third-order valence-corrected chi connectivity index (χ3v) is 3.41. The molecule has 0 bridgehead atoms. The van der Waals surface area contributed by atoms with Crippen molar-refractivity contribution in [3.63, 3.8) is 0 Å². The lowest BCUT2D eigenvalue weighted by atomic mass is 10.3. The average Bonchev–Trinajstić information content (AvgIpc) is 2.72. The van der Waals surface area contributed by atoms with E-state index in [9.17, 15) is 8.42 Å². The number of primary sulfonamides is 1. The zero-order valence-electron chi connectivity index (χ0n) is 9.88. The second-order valence-electron chi connectivity index (χ2n) is 3.91. The van der Waals surface area contributed by atoms with Gasteiger partial charge in [0, 0.05) is 0 Å². The smallest absolute Gasteiger partial charge is 0.240 e. The van der Waals surface area contributed by atoms with Crippen LogP contribution in [0.4, 0.5) is 5.69 Å². The van der Waals surface area contributed by atoms with Gasteiger partial charge in [-0.3, -0.25) is 0 Å². The molecule has 0 fully saturated rings. The first-order valence-electron chi connectivity index (χ1n) is 5.38. The summed E-state index contributed by atoms with van der Waals surface area (Å²) >= 11 is 0. The molecule has 0 aliphatic heterocycles. The zero-order chi connectivity index (χ0) is 13.2. The van der Waals surface area contributed by atoms with Gasteiger partial charge in [0.05, 0.1) is 12.2 Å². The Kier molecular flexibility index (Phi) is 3.40. The molecular formula is C12H14N2O3S. The Bertz CT molecular complexity index is 647. The van der Waals surface area contributed by atoms with Crippen LogP contribution in [0.1, 0.15) is 11.5 Å². The van der Waals surface area contributed by atoms with Crippen LogP contribution < -0.4 is 10.5 Å². The van der Waals surface area contributed by atoms with Crippen molar-refractivity contribution in [3.05, 3.63) is 47.9 Å². The lowest BCUT2D eigenvalue weighted by Gasteiger charge is -2.09. The first kappa shape index (κ1) is 12.7. The SMILES string of the molecule is Cc1ccc(CNc2ccccc2S(N)(=O)=O)o1. The lowest BCUT2D eigenvalue weighted by Crippen LogP contribution is -2.14. The predicted octanol–water partition coefficient (Wildman–Crippen LogP) is 1.85. The predicted molar refractivity (Wildman–Crippen MR) is 68.6 cm³/mol. The van der Waals surface area contributed by atoms with E-state index < -0.39 is 10.0 Å². The molecule has 0 aliphatic rings. The quantitative estimate of drug-likeness (QED) is 0.884. The molecule has 6 heteroatoms. The highest BCUT2D eigenvalue weighted by Gasteiger charge is 2.12. The van der Waals surface area contributed by atoms with Crippen molar-refractivity contribution in [2.24, 2.45) is 5.14 Å². The minimum atomic E-state index is -3.73. The Labute approximate surface area is 106 Å². The minimum Gasteiger partial charge on any atom is -0.465 e. The molecule has 18 heavy (non-hydrogen) atoms. The number of para-hydroxylation sites is 1. The molecule has 1 aromatic heterocycles. The van der Waals surface area contributed by atoms with Crippen LogP contribution >= 0.6 is 0 Å². The number of furan rings is 1. The van der Waals surface area contributed by atoms with E-state index in [1.165, 1.54) is 6.07 Å². The van der Waals surface area contributed by atoms with Gasteiger partial charge in [0.25, 0.3) is 0 Å². The van der Waals surface area contributed by atoms with Gasteiger partial charge in [-0.05, 0) is 31.2 Å². The minimum absolute atomic E-state index is 0.0771. The summed E-state index contributed by atoms with van der Waals surface area (Å²) < 4.78 is 28.2. The summed E-state index contributed by atoms with van der Waals surface area (Å²) in [6.45, 7) is 2.25. The molecule has 0 amide bonds. The zero-order valence-corrected chi connectivity index (χ0v) is 10.7. The number of nitrogens with one attached hydrogen (secondary N) is 1. The Hall–Kier alpha value is -1.79. The number of benzene rings is 1. The van der Waals surface area contributed by atoms with E-state index in [1.807, 2.05) is 19.1 Å². The van der Waals surface area contributed by atoms with Gasteiger partial charge in [-0.25, -0.2) is 13.6 Å². The van der Waals surface area contributed by atoms with E-state index in [0.29, 0.717) is 12.2 Å². The highest BCUT2D eigenvalue weighted by atomic mass is 32.2. The standard InChI is InChI=1S/C12H14N2O3S/c1-9-6-7-10(17-9)8-14-11-4-2-3-5-12(11)18(13,15)16/h2-7,14H,8H2,1H3,(H2,13,15,16). The number of rotatable bonds is 4. The fourth-order valence-electron chi connectivity index (χ4n) is 1.62. The van der Waals surface area contributed by atoms with E-state index in [1.54, 1.807) is 18.2 Å². The molecule has 2 aromatic rings. The van der Waals surface area contributed by atoms with Gasteiger partial charge >= 0.3 is 0 Å². The molecule has 0 aliphatic carbocycles. The summed E-state index contributed by atoms with van der Waals surface area (Å²) in [5.74, 6) is 1.54. The van der Waals surface area contributed by atoms with Crippen LogP contribution in [-0.2, 0) is 16.6 Å². The van der Waals surface area contributed by atoms with Gasteiger partial charge in [-0.15, -0.1) is 0 Å². The fraction of sp³-hybridized carbons (Fsp3) is 0.167. The number of hydrogen-bond acceptors (Lipinski definition) is 4. The van der Waals surface area contributed by atoms with Crippen LogP contribution in [0.15, 0.2) is 45.7 Å². The van der Waals surface area contributed by atoms with Crippen molar-refractivity contribution in [2.75, 3.05) is 5.32 Å². The van der Waals surface area contributed by atoms with Crippen LogP contribution in [0.25, 0.3) is 0 Å². The Morgan fingerprint density at radius 3 is 2.56 bits per heavy atom. The van der Waals surface area contributed by atoms with E-state index in [2.05, 4.69) is 5.32 Å². The summed E-state index contributed by atoms with van der Waals surface area (Å²) in [6, 6.07) is 10.2. The largest absolute Gasteiger partial charge is 0.465 e. The maximum atomic E-state index is 11.4. The molecule has 3 N–H and O–H groups in total. The number of aryl methyl sites for hydroxylation is 1. The normalized spacial score (nSPS) is 11.4. The summed E-state index contributed by atoms with van der Waals surface area (Å²) in [5.41, 5.74) is 0.467. The van der Waals surface area contributed by atoms with Gasteiger partial charge in [0.15, 0.2) is 0 Å². The van der Waals surface area contributed by atoms with Gasteiger partial charge in [0.1, 0.15) is 16.4 Å². The summed E-state index contributed by atoms with van der Waals surface area (Å²) in [4.78, 5) is 0.0771. The molecule has 0 atom stereocenters. The van der Waals surface area contributed by atoms with E-state index in [0.717, 1.165) is 11.5 Å². The summed E-state index contributed by atoms with van der Waals surface area (Å²) in [7, 11) is -3.73. The topological polar surface area (TPSA) is 85.3 Å². The Morgan fingerprint density at radius 2 is 1.94 bits per heavy atom. The molecule has 0 spiro atoms. The number of hydrogen-bond donors (Lipinski definition) is 2. The van der Waals surface area contributed by atoms with Crippen molar-refractivity contribution < 1.29 is 12.8 Å². The molecule has 0 radical (unpaired) electrons. The number of sulfonamides is 1. The number of anilines is 1. The van der Waals surface area contributed by atoms with Crippen LogP contribution in [0, 0.1) is 6.92 Å². The molecule has 96 valence electrons. The first-order valence-corrected chi connectivity index (χ1v) is 6.92. The summed E-state index contributed by atoms with van der Waals surface area (Å²) in [6.07, 6.45) is 0. The van der Waals surface area contributed by atoms with E-state index in [4.69, 9.17) is 9.56 Å². The Balaban J connectivity index is 2.20. The maximum Gasteiger partial charge on any atom is 0.240 e. The maximum absolute atomic E-state index is 11.4. The van der Waals surface area contributed by atoms with Gasteiger partial charge < -0.3 is 9.73 Å². The van der Waals surface area contributed by atoms with Crippen molar-refractivity contribution in [1.82, 2.24) is 0 Å². The van der Waals surface area contributed by atoms with Gasteiger partial charge in [-0.1, -0.05) is 12.1 Å². The van der Waals surface area contributed by atoms with E-state index >= 15 is 0 Å². The van der Waals surface area contributed by atoms with Crippen molar-refractivity contribution in [2.45, 2.75) is 18.4 Å². The van der Waals surface area contributed by atoms with Crippen molar-refractivity contribution in [3.8, 4) is 0 Å². The monoisotopic (exact) mass is 266 g/mol. The van der Waals surface area contributed by atoms with Gasteiger partial charge in [0.2, 0.25) is 10.0 Å². The molecular weight excluding hydrogens is 252 g/mol. The second-order valence-corrected chi connectivity index (χ2v) is 5.44. The third kappa shape index (κ3) is 2.91. The van der Waals surface area contributed by atoms with Crippen LogP contribution in [0.5, 0.6) is 0 Å². The molecule has 5 nitrogen and oxygen atoms in total. The molecule has 0 unspecified atom stereocenters. The summed E-state index contributed by atoms with van der Waals surface area (Å²) in [5, 5.41) is 8.14. The number of nitrogens with two attached hydrogens (primary N) is 1. The Morgan fingerprint density at radius 1 is 1.22 bits per heavy atom. The fourth-order valence-corrected chi connectivity index (χ4v) is 2.34. The third-order valence-electron chi connectivity index (χ3n) is 2.44. The lowest BCUT2D eigenvalue weighted by molar-refractivity contribution is 0.490. The molecule has 0 saturated heterocycles. The molecule has 1 aromatic carbocycles. The average molecular weight is 266 g/mol. The van der Waals surface area contributed by atoms with Crippen LogP contribution in [0.3, 0.4) is 0 Å². The van der Waals surface area contributed by atoms with E-state index in [-0.39, 0.29) is 4.90 Å². The van der Waals surface area contributed by atoms with Crippen molar-refractivity contribution >= 4 is 15.7 Å². The molecule has 1 heterocycles. The highest BCUT2D eigenvalue weighted by Crippen LogP contribution is 2.20. The van der Waals surface area contributed by atoms with Crippen LogP contribution in [-0.4, -0.2) is 8.42 Å². The van der Waals surface area contributed by atoms with Crippen LogP contribution in [0.2, 0.25) is 0 Å². The van der Waals surface area contributed by atoms with Gasteiger partial charge in [-0.2, -0.15) is 0 Å². The molecule has 0 saturated carbocycles. The van der Waals surface area contributed by atoms with Crippen molar-refractivity contribution in [1.29, 1.82) is 0 Å². The highest BCUT2D eigenvalue weighted by molar-refractivity contribution is 7.89. The molecule has 2 rings (SSSR count). The second kappa shape index (κ2) is 4.83. The first-order chi connectivity index (χ1) is 8.47.